The number of nitrogens with two attached hydrogens (primary N) is 1. The molecule has 0 bridgehead atoms. The topological polar surface area (TPSA) is 64.9 Å². The van der Waals surface area contributed by atoms with Gasteiger partial charge in [0, 0.05) is 12.5 Å². The summed E-state index contributed by atoms with van der Waals surface area (Å²) in [5, 5.41) is 4.10. The van der Waals surface area contributed by atoms with Crippen LogP contribution in [0.1, 0.15) is 70.5 Å². The first kappa shape index (κ1) is 13.5. The minimum absolute atomic E-state index is 0.176. The Labute approximate surface area is 109 Å². The molecule has 1 aliphatic carbocycles. The van der Waals surface area contributed by atoms with Crippen LogP contribution in [0, 0.1) is 5.41 Å². The normalized spacial score (nSPS) is 26.0. The Hall–Kier alpha value is -0.900. The van der Waals surface area contributed by atoms with Gasteiger partial charge in [0.2, 0.25) is 5.89 Å². The highest BCUT2D eigenvalue weighted by molar-refractivity contribution is 5.00. The van der Waals surface area contributed by atoms with Gasteiger partial charge in [0.25, 0.3) is 0 Å². The first-order valence-electron chi connectivity index (χ1n) is 7.04. The van der Waals surface area contributed by atoms with Gasteiger partial charge in [0.05, 0.1) is 5.92 Å². The number of hydrogen-bond acceptors (Lipinski definition) is 4. The molecule has 0 aromatic carbocycles. The average molecular weight is 251 g/mol. The van der Waals surface area contributed by atoms with E-state index in [0.717, 1.165) is 31.0 Å². The molecule has 1 aliphatic rings. The van der Waals surface area contributed by atoms with Gasteiger partial charge in [-0.15, -0.1) is 0 Å². The smallest absolute Gasteiger partial charge is 0.231 e. The standard InChI is InChI=1S/C14H25N3O/c1-14(2,3)9-12-16-13(18-17-12)10-7-5-4-6-8-11(10)15/h10-11H,4-9,15H2,1-3H3. The molecule has 1 fully saturated rings. The van der Waals surface area contributed by atoms with Crippen LogP contribution in [0.3, 0.4) is 0 Å². The Morgan fingerprint density at radius 3 is 2.67 bits per heavy atom. The average Bonchev–Trinajstić information content (AvgIpc) is 2.57. The third-order valence-electron chi connectivity index (χ3n) is 3.56. The molecule has 0 radical (unpaired) electrons. The summed E-state index contributed by atoms with van der Waals surface area (Å²) >= 11 is 0. The molecule has 4 heteroatoms. The van der Waals surface area contributed by atoms with Crippen molar-refractivity contribution in [2.75, 3.05) is 0 Å². The lowest BCUT2D eigenvalue weighted by molar-refractivity contribution is 0.318. The molecule has 0 aliphatic heterocycles. The molecule has 0 saturated heterocycles. The van der Waals surface area contributed by atoms with Gasteiger partial charge in [-0.3, -0.25) is 0 Å². The molecule has 4 nitrogen and oxygen atoms in total. The van der Waals surface area contributed by atoms with Gasteiger partial charge in [-0.05, 0) is 18.3 Å². The highest BCUT2D eigenvalue weighted by Gasteiger charge is 2.27. The quantitative estimate of drug-likeness (QED) is 0.820. The van der Waals surface area contributed by atoms with E-state index in [1.54, 1.807) is 0 Å². The van der Waals surface area contributed by atoms with Crippen molar-refractivity contribution >= 4 is 0 Å². The van der Waals surface area contributed by atoms with E-state index in [1.165, 1.54) is 19.3 Å². The molecule has 1 heterocycles. The first-order valence-corrected chi connectivity index (χ1v) is 7.04. The molecule has 102 valence electrons. The number of aromatic nitrogens is 2. The SMILES string of the molecule is CC(C)(C)Cc1noc(C2CCCCCC2N)n1. The van der Waals surface area contributed by atoms with Gasteiger partial charge < -0.3 is 10.3 Å². The van der Waals surface area contributed by atoms with Crippen LogP contribution in [0.5, 0.6) is 0 Å². The molecule has 1 aromatic heterocycles. The van der Waals surface area contributed by atoms with E-state index < -0.39 is 0 Å². The van der Waals surface area contributed by atoms with Crippen molar-refractivity contribution in [1.82, 2.24) is 10.1 Å². The summed E-state index contributed by atoms with van der Waals surface area (Å²) in [6, 6.07) is 0.176. The van der Waals surface area contributed by atoms with E-state index in [4.69, 9.17) is 10.3 Å². The zero-order chi connectivity index (χ0) is 13.2. The minimum atomic E-state index is 0.176. The van der Waals surface area contributed by atoms with E-state index in [-0.39, 0.29) is 17.4 Å². The van der Waals surface area contributed by atoms with Gasteiger partial charge in [-0.1, -0.05) is 45.2 Å². The van der Waals surface area contributed by atoms with Crippen molar-refractivity contribution < 1.29 is 4.52 Å². The fourth-order valence-corrected chi connectivity index (χ4v) is 2.61. The van der Waals surface area contributed by atoms with E-state index in [1.807, 2.05) is 0 Å². The Bertz CT molecular complexity index is 381. The molecule has 0 amide bonds. The Balaban J connectivity index is 2.08. The fraction of sp³-hybridized carbons (Fsp3) is 0.857. The molecular formula is C14H25N3O. The molecule has 18 heavy (non-hydrogen) atoms. The van der Waals surface area contributed by atoms with Gasteiger partial charge in [0.1, 0.15) is 0 Å². The summed E-state index contributed by atoms with van der Waals surface area (Å²) in [5.74, 6) is 1.83. The van der Waals surface area contributed by atoms with Crippen LogP contribution in [-0.2, 0) is 6.42 Å². The second-order valence-electron chi connectivity index (χ2n) is 6.69. The second-order valence-corrected chi connectivity index (χ2v) is 6.69. The number of hydrogen-bond donors (Lipinski definition) is 1. The van der Waals surface area contributed by atoms with Gasteiger partial charge >= 0.3 is 0 Å². The Morgan fingerprint density at radius 1 is 1.22 bits per heavy atom. The Morgan fingerprint density at radius 2 is 1.94 bits per heavy atom. The van der Waals surface area contributed by atoms with E-state index in [9.17, 15) is 0 Å². The summed E-state index contributed by atoms with van der Waals surface area (Å²) in [6.07, 6.45) is 6.71. The van der Waals surface area contributed by atoms with E-state index >= 15 is 0 Å². The predicted octanol–water partition coefficient (Wildman–Crippen LogP) is 3.03. The van der Waals surface area contributed by atoms with Crippen LogP contribution in [-0.4, -0.2) is 16.2 Å². The fourth-order valence-electron chi connectivity index (χ4n) is 2.61. The van der Waals surface area contributed by atoms with Crippen molar-refractivity contribution in [2.24, 2.45) is 11.1 Å². The number of nitrogens with zero attached hydrogens (tertiary/aromatic N) is 2. The highest BCUT2D eigenvalue weighted by atomic mass is 16.5. The Kier molecular flexibility index (Phi) is 4.05. The van der Waals surface area contributed by atoms with Gasteiger partial charge in [-0.2, -0.15) is 4.98 Å². The summed E-state index contributed by atoms with van der Waals surface area (Å²) in [4.78, 5) is 4.55. The third kappa shape index (κ3) is 3.55. The van der Waals surface area contributed by atoms with Crippen molar-refractivity contribution in [1.29, 1.82) is 0 Å². The van der Waals surface area contributed by atoms with E-state index in [0.29, 0.717) is 0 Å². The highest BCUT2D eigenvalue weighted by Crippen LogP contribution is 2.30. The molecule has 2 atom stereocenters. The largest absolute Gasteiger partial charge is 0.339 e. The lowest BCUT2D eigenvalue weighted by atomic mass is 9.92. The van der Waals surface area contributed by atoms with Crippen LogP contribution in [0.25, 0.3) is 0 Å². The third-order valence-corrected chi connectivity index (χ3v) is 3.56. The molecule has 1 aromatic rings. The van der Waals surface area contributed by atoms with Crippen LogP contribution in [0.4, 0.5) is 0 Å². The summed E-state index contributed by atoms with van der Waals surface area (Å²) in [6.45, 7) is 6.54. The van der Waals surface area contributed by atoms with Crippen LogP contribution >= 0.6 is 0 Å². The van der Waals surface area contributed by atoms with E-state index in [2.05, 4.69) is 30.9 Å². The second kappa shape index (κ2) is 5.39. The molecule has 1 saturated carbocycles. The van der Waals surface area contributed by atoms with Crippen molar-refractivity contribution in [3.05, 3.63) is 11.7 Å². The maximum Gasteiger partial charge on any atom is 0.231 e. The first-order chi connectivity index (χ1) is 8.46. The summed E-state index contributed by atoms with van der Waals surface area (Å²) in [7, 11) is 0. The maximum atomic E-state index is 6.22. The monoisotopic (exact) mass is 251 g/mol. The summed E-state index contributed by atoms with van der Waals surface area (Å²) in [5.41, 5.74) is 6.41. The molecular weight excluding hydrogens is 226 g/mol. The van der Waals surface area contributed by atoms with Crippen molar-refractivity contribution in [3.8, 4) is 0 Å². The lowest BCUT2D eigenvalue weighted by Gasteiger charge is -2.17. The lowest BCUT2D eigenvalue weighted by Crippen LogP contribution is -2.27. The van der Waals surface area contributed by atoms with Crippen LogP contribution in [0.15, 0.2) is 4.52 Å². The van der Waals surface area contributed by atoms with Crippen LogP contribution in [0.2, 0.25) is 0 Å². The molecule has 2 rings (SSSR count). The summed E-state index contributed by atoms with van der Waals surface area (Å²) < 4.78 is 5.43. The zero-order valence-corrected chi connectivity index (χ0v) is 11.8. The maximum absolute atomic E-state index is 6.22. The molecule has 0 spiro atoms. The molecule has 2 unspecified atom stereocenters. The van der Waals surface area contributed by atoms with Crippen molar-refractivity contribution in [2.45, 2.75) is 71.3 Å². The van der Waals surface area contributed by atoms with Gasteiger partial charge in [0.15, 0.2) is 5.82 Å². The zero-order valence-electron chi connectivity index (χ0n) is 11.8. The molecule has 2 N–H and O–H groups in total. The minimum Gasteiger partial charge on any atom is -0.339 e. The number of rotatable bonds is 2. The van der Waals surface area contributed by atoms with Crippen molar-refractivity contribution in [3.63, 3.8) is 0 Å². The van der Waals surface area contributed by atoms with Crippen LogP contribution < -0.4 is 5.73 Å². The predicted molar refractivity (Wildman–Crippen MR) is 71.3 cm³/mol. The van der Waals surface area contributed by atoms with Gasteiger partial charge in [-0.25, -0.2) is 0 Å².